The van der Waals surface area contributed by atoms with Crippen LogP contribution in [0.15, 0.2) is 54.6 Å². The summed E-state index contributed by atoms with van der Waals surface area (Å²) in [5, 5.41) is 12.5. The van der Waals surface area contributed by atoms with Gasteiger partial charge in [-0.1, -0.05) is 48.5 Å². The Labute approximate surface area is 125 Å². The van der Waals surface area contributed by atoms with Gasteiger partial charge in [0.05, 0.1) is 5.56 Å². The summed E-state index contributed by atoms with van der Waals surface area (Å²) in [5.74, 6) is -0.852. The molecule has 0 atom stereocenters. The lowest BCUT2D eigenvalue weighted by Gasteiger charge is -2.07. The zero-order chi connectivity index (χ0) is 14.9. The summed E-state index contributed by atoms with van der Waals surface area (Å²) in [7, 11) is 0. The van der Waals surface area contributed by atoms with Crippen molar-refractivity contribution < 1.29 is 9.90 Å². The minimum Gasteiger partial charge on any atom is -0.478 e. The van der Waals surface area contributed by atoms with E-state index in [4.69, 9.17) is 5.11 Å². The highest BCUT2D eigenvalue weighted by Gasteiger charge is 2.07. The fraction of sp³-hybridized carbons (Fsp3) is 0.278. The molecule has 0 aliphatic heterocycles. The van der Waals surface area contributed by atoms with E-state index in [1.165, 1.54) is 5.56 Å². The first-order valence-electron chi connectivity index (χ1n) is 7.33. The van der Waals surface area contributed by atoms with Crippen LogP contribution >= 0.6 is 0 Å². The highest BCUT2D eigenvalue weighted by atomic mass is 16.4. The van der Waals surface area contributed by atoms with Gasteiger partial charge < -0.3 is 10.4 Å². The summed E-state index contributed by atoms with van der Waals surface area (Å²) in [4.78, 5) is 11.1. The third-order valence-corrected chi connectivity index (χ3v) is 3.48. The van der Waals surface area contributed by atoms with Crippen LogP contribution in [0.25, 0.3) is 0 Å². The van der Waals surface area contributed by atoms with Crippen LogP contribution in [0.2, 0.25) is 0 Å². The smallest absolute Gasteiger partial charge is 0.335 e. The predicted octanol–water partition coefficient (Wildman–Crippen LogP) is 3.15. The van der Waals surface area contributed by atoms with Crippen molar-refractivity contribution in [3.63, 3.8) is 0 Å². The van der Waals surface area contributed by atoms with Crippen LogP contribution in [-0.2, 0) is 12.8 Å². The van der Waals surface area contributed by atoms with Crippen molar-refractivity contribution in [1.82, 2.24) is 5.32 Å². The van der Waals surface area contributed by atoms with Gasteiger partial charge in [-0.2, -0.15) is 0 Å². The summed E-state index contributed by atoms with van der Waals surface area (Å²) in [6.45, 7) is 1.75. The first-order valence-corrected chi connectivity index (χ1v) is 7.33. The number of rotatable bonds is 8. The Balaban J connectivity index is 1.67. The van der Waals surface area contributed by atoms with Gasteiger partial charge in [-0.05, 0) is 49.5 Å². The summed E-state index contributed by atoms with van der Waals surface area (Å²) in [6, 6.07) is 17.6. The molecule has 0 heterocycles. The molecule has 0 radical (unpaired) electrons. The zero-order valence-corrected chi connectivity index (χ0v) is 12.1. The van der Waals surface area contributed by atoms with Crippen molar-refractivity contribution in [2.45, 2.75) is 19.3 Å². The lowest BCUT2D eigenvalue weighted by Crippen LogP contribution is -2.20. The van der Waals surface area contributed by atoms with E-state index in [0.29, 0.717) is 5.56 Å². The first-order chi connectivity index (χ1) is 10.3. The minimum absolute atomic E-state index is 0.406. The van der Waals surface area contributed by atoms with Gasteiger partial charge in [-0.15, -0.1) is 0 Å². The molecular weight excluding hydrogens is 262 g/mol. The molecule has 0 unspecified atom stereocenters. The molecule has 110 valence electrons. The van der Waals surface area contributed by atoms with E-state index in [1.54, 1.807) is 12.1 Å². The van der Waals surface area contributed by atoms with Gasteiger partial charge in [0.25, 0.3) is 0 Å². The number of aromatic carboxylic acids is 1. The molecule has 3 heteroatoms. The Morgan fingerprint density at radius 3 is 2.38 bits per heavy atom. The van der Waals surface area contributed by atoms with Gasteiger partial charge in [0.15, 0.2) is 0 Å². The van der Waals surface area contributed by atoms with Crippen LogP contribution in [0.3, 0.4) is 0 Å². The van der Waals surface area contributed by atoms with Gasteiger partial charge >= 0.3 is 5.97 Å². The van der Waals surface area contributed by atoms with Gasteiger partial charge in [-0.25, -0.2) is 4.79 Å². The maximum absolute atomic E-state index is 11.1. The molecule has 0 saturated carbocycles. The SMILES string of the molecule is O=C(O)c1ccccc1CCNCCCc1ccccc1. The Bertz CT molecular complexity index is 566. The van der Waals surface area contributed by atoms with Gasteiger partial charge in [-0.3, -0.25) is 0 Å². The van der Waals surface area contributed by atoms with E-state index < -0.39 is 5.97 Å². The maximum atomic E-state index is 11.1. The predicted molar refractivity (Wildman–Crippen MR) is 84.7 cm³/mol. The standard InChI is InChI=1S/C18H21NO2/c20-18(21)17-11-5-4-10-16(17)12-14-19-13-6-9-15-7-2-1-3-8-15/h1-5,7-8,10-11,19H,6,9,12-14H2,(H,20,21). The average Bonchev–Trinajstić information content (AvgIpc) is 2.52. The third kappa shape index (κ3) is 5.04. The number of carboxylic acid groups (broad SMARTS) is 1. The largest absolute Gasteiger partial charge is 0.478 e. The number of benzene rings is 2. The number of hydrogen-bond donors (Lipinski definition) is 2. The van der Waals surface area contributed by atoms with E-state index >= 15 is 0 Å². The Hall–Kier alpha value is -2.13. The van der Waals surface area contributed by atoms with E-state index in [9.17, 15) is 4.79 Å². The number of nitrogens with one attached hydrogen (secondary N) is 1. The molecule has 0 saturated heterocycles. The molecule has 0 spiro atoms. The molecule has 0 aliphatic carbocycles. The second kappa shape index (κ2) is 8.22. The average molecular weight is 283 g/mol. The molecule has 0 bridgehead atoms. The quantitative estimate of drug-likeness (QED) is 0.732. The monoisotopic (exact) mass is 283 g/mol. The second-order valence-corrected chi connectivity index (χ2v) is 5.05. The van der Waals surface area contributed by atoms with Crippen molar-refractivity contribution in [2.24, 2.45) is 0 Å². The Kier molecular flexibility index (Phi) is 5.98. The van der Waals surface area contributed by atoms with Crippen molar-refractivity contribution in [1.29, 1.82) is 0 Å². The lowest BCUT2D eigenvalue weighted by atomic mass is 10.0. The summed E-state index contributed by atoms with van der Waals surface area (Å²) in [5.41, 5.74) is 2.65. The van der Waals surface area contributed by atoms with Crippen LogP contribution in [0.4, 0.5) is 0 Å². The molecule has 2 rings (SSSR count). The maximum Gasteiger partial charge on any atom is 0.335 e. The van der Waals surface area contributed by atoms with Crippen LogP contribution in [-0.4, -0.2) is 24.2 Å². The second-order valence-electron chi connectivity index (χ2n) is 5.05. The van der Waals surface area contributed by atoms with E-state index in [2.05, 4.69) is 29.6 Å². The molecule has 0 aromatic heterocycles. The molecule has 0 amide bonds. The highest BCUT2D eigenvalue weighted by molar-refractivity contribution is 5.89. The van der Waals surface area contributed by atoms with Crippen molar-refractivity contribution >= 4 is 5.97 Å². The lowest BCUT2D eigenvalue weighted by molar-refractivity contribution is 0.0695. The topological polar surface area (TPSA) is 49.3 Å². The van der Waals surface area contributed by atoms with Crippen LogP contribution < -0.4 is 5.32 Å². The highest BCUT2D eigenvalue weighted by Crippen LogP contribution is 2.09. The van der Waals surface area contributed by atoms with Crippen LogP contribution in [0, 0.1) is 0 Å². The summed E-state index contributed by atoms with van der Waals surface area (Å²) < 4.78 is 0. The number of carboxylic acids is 1. The summed E-state index contributed by atoms with van der Waals surface area (Å²) in [6.07, 6.45) is 2.90. The number of carbonyl (C=O) groups is 1. The normalized spacial score (nSPS) is 10.5. The third-order valence-electron chi connectivity index (χ3n) is 3.48. The van der Waals surface area contributed by atoms with Crippen molar-refractivity contribution in [3.8, 4) is 0 Å². The summed E-state index contributed by atoms with van der Waals surface area (Å²) >= 11 is 0. The zero-order valence-electron chi connectivity index (χ0n) is 12.1. The van der Waals surface area contributed by atoms with Gasteiger partial charge in [0.2, 0.25) is 0 Å². The van der Waals surface area contributed by atoms with E-state index in [1.807, 2.05) is 18.2 Å². The van der Waals surface area contributed by atoms with E-state index in [-0.39, 0.29) is 0 Å². The first kappa shape index (κ1) is 15.3. The molecule has 2 N–H and O–H groups in total. The fourth-order valence-corrected chi connectivity index (χ4v) is 2.36. The Morgan fingerprint density at radius 2 is 1.62 bits per heavy atom. The molecule has 0 aliphatic rings. The molecule has 21 heavy (non-hydrogen) atoms. The fourth-order valence-electron chi connectivity index (χ4n) is 2.36. The van der Waals surface area contributed by atoms with Gasteiger partial charge in [0.1, 0.15) is 0 Å². The minimum atomic E-state index is -0.852. The molecule has 2 aromatic rings. The van der Waals surface area contributed by atoms with Crippen molar-refractivity contribution in [2.75, 3.05) is 13.1 Å². The number of hydrogen-bond acceptors (Lipinski definition) is 2. The van der Waals surface area contributed by atoms with E-state index in [0.717, 1.165) is 37.9 Å². The Morgan fingerprint density at radius 1 is 0.905 bits per heavy atom. The number of aryl methyl sites for hydroxylation is 1. The molecule has 0 fully saturated rings. The van der Waals surface area contributed by atoms with Crippen LogP contribution in [0.5, 0.6) is 0 Å². The molecule has 2 aromatic carbocycles. The van der Waals surface area contributed by atoms with Gasteiger partial charge in [0, 0.05) is 0 Å². The van der Waals surface area contributed by atoms with Crippen molar-refractivity contribution in [3.05, 3.63) is 71.3 Å². The molecule has 3 nitrogen and oxygen atoms in total. The molecular formula is C18H21NO2. The van der Waals surface area contributed by atoms with Crippen LogP contribution in [0.1, 0.15) is 27.9 Å².